The summed E-state index contributed by atoms with van der Waals surface area (Å²) >= 11 is 5.01. The molecule has 18 heavy (non-hydrogen) atoms. The van der Waals surface area contributed by atoms with Gasteiger partial charge in [0.25, 0.3) is 0 Å². The molecule has 2 rings (SSSR count). The zero-order valence-corrected chi connectivity index (χ0v) is 12.0. The van der Waals surface area contributed by atoms with Crippen LogP contribution in [0, 0.1) is 11.3 Å². The van der Waals surface area contributed by atoms with Crippen molar-refractivity contribution in [1.82, 2.24) is 5.32 Å². The number of rotatable bonds is 5. The van der Waals surface area contributed by atoms with Gasteiger partial charge in [0.1, 0.15) is 0 Å². The van der Waals surface area contributed by atoms with Gasteiger partial charge in [-0.25, -0.2) is 0 Å². The number of carbonyl (C=O) groups is 1. The zero-order chi connectivity index (χ0) is 13.2. The van der Waals surface area contributed by atoms with Gasteiger partial charge in [-0.2, -0.15) is 0 Å². The maximum absolute atomic E-state index is 12.2. The second kappa shape index (κ2) is 5.55. The molecule has 0 spiro atoms. The summed E-state index contributed by atoms with van der Waals surface area (Å²) in [4.78, 5) is 12.5. The Morgan fingerprint density at radius 2 is 1.94 bits per heavy atom. The molecule has 0 unspecified atom stereocenters. The Morgan fingerprint density at radius 1 is 1.33 bits per heavy atom. The lowest BCUT2D eigenvalue weighted by Crippen LogP contribution is -2.45. The average molecular weight is 268 g/mol. The third-order valence-electron chi connectivity index (χ3n) is 4.54. The van der Waals surface area contributed by atoms with E-state index in [1.165, 1.54) is 25.7 Å². The molecule has 2 saturated carbocycles. The Kier molecular flexibility index (Phi) is 4.25. The van der Waals surface area contributed by atoms with Gasteiger partial charge in [-0.15, -0.1) is 0 Å². The molecule has 3 nitrogen and oxygen atoms in total. The maximum Gasteiger partial charge on any atom is 0.233 e. The van der Waals surface area contributed by atoms with Crippen LogP contribution >= 0.6 is 12.2 Å². The van der Waals surface area contributed by atoms with Gasteiger partial charge in [-0.05, 0) is 44.4 Å². The highest BCUT2D eigenvalue weighted by molar-refractivity contribution is 7.80. The highest BCUT2D eigenvalue weighted by Crippen LogP contribution is 2.46. The highest BCUT2D eigenvalue weighted by atomic mass is 32.1. The van der Waals surface area contributed by atoms with Crippen LogP contribution < -0.4 is 11.1 Å². The number of thiocarbonyl (C=S) groups is 1. The number of hydrogen-bond acceptors (Lipinski definition) is 2. The number of carbonyl (C=O) groups excluding carboxylic acids is 1. The number of amides is 1. The largest absolute Gasteiger partial charge is 0.392 e. The molecule has 0 aliphatic heterocycles. The molecular weight excluding hydrogens is 244 g/mol. The predicted octanol–water partition coefficient (Wildman–Crippen LogP) is 2.53. The van der Waals surface area contributed by atoms with E-state index in [2.05, 4.69) is 12.2 Å². The predicted molar refractivity (Wildman–Crippen MR) is 77.2 cm³/mol. The van der Waals surface area contributed by atoms with Gasteiger partial charge in [0, 0.05) is 6.04 Å². The Morgan fingerprint density at radius 3 is 2.39 bits per heavy atom. The third-order valence-corrected chi connectivity index (χ3v) is 4.93. The average Bonchev–Trinajstić information content (AvgIpc) is 3.13. The van der Waals surface area contributed by atoms with Crippen molar-refractivity contribution in [2.75, 3.05) is 0 Å². The minimum absolute atomic E-state index is 0.0777. The monoisotopic (exact) mass is 268 g/mol. The van der Waals surface area contributed by atoms with Crippen LogP contribution in [0.3, 0.4) is 0 Å². The second-order valence-corrected chi connectivity index (χ2v) is 6.37. The van der Waals surface area contributed by atoms with E-state index in [0.717, 1.165) is 31.6 Å². The standard InChI is InChI=1S/C14H24N2OS/c1-2-3-10-4-6-11(7-5-10)16-13(17)14(8-9-14)12(15)18/h10-11H,2-9H2,1H3,(H2,15,18)(H,16,17). The summed E-state index contributed by atoms with van der Waals surface area (Å²) in [6.45, 7) is 2.24. The first-order valence-corrected chi connectivity index (χ1v) is 7.60. The molecule has 2 aliphatic rings. The van der Waals surface area contributed by atoms with Crippen molar-refractivity contribution in [1.29, 1.82) is 0 Å². The first-order valence-electron chi connectivity index (χ1n) is 7.19. The molecule has 0 saturated heterocycles. The van der Waals surface area contributed by atoms with Gasteiger partial charge in [0.2, 0.25) is 5.91 Å². The molecule has 0 aromatic carbocycles. The van der Waals surface area contributed by atoms with E-state index < -0.39 is 5.41 Å². The lowest BCUT2D eigenvalue weighted by atomic mass is 9.83. The molecule has 0 bridgehead atoms. The Hall–Kier alpha value is -0.640. The maximum atomic E-state index is 12.2. The van der Waals surface area contributed by atoms with E-state index in [-0.39, 0.29) is 5.91 Å². The van der Waals surface area contributed by atoms with Gasteiger partial charge in [0.05, 0.1) is 10.4 Å². The normalized spacial score (nSPS) is 29.6. The van der Waals surface area contributed by atoms with Crippen molar-refractivity contribution < 1.29 is 4.79 Å². The van der Waals surface area contributed by atoms with Crippen LogP contribution in [-0.4, -0.2) is 16.9 Å². The molecule has 0 heterocycles. The van der Waals surface area contributed by atoms with Gasteiger partial charge >= 0.3 is 0 Å². The van der Waals surface area contributed by atoms with E-state index in [1.54, 1.807) is 0 Å². The van der Waals surface area contributed by atoms with Gasteiger partial charge in [-0.1, -0.05) is 32.0 Å². The van der Waals surface area contributed by atoms with Crippen LogP contribution in [0.2, 0.25) is 0 Å². The molecule has 3 N–H and O–H groups in total. The molecule has 0 atom stereocenters. The summed E-state index contributed by atoms with van der Waals surface area (Å²) in [5.74, 6) is 0.947. The lowest BCUT2D eigenvalue weighted by Gasteiger charge is -2.30. The fourth-order valence-electron chi connectivity index (χ4n) is 3.04. The third kappa shape index (κ3) is 2.85. The van der Waals surface area contributed by atoms with Crippen molar-refractivity contribution in [3.8, 4) is 0 Å². The van der Waals surface area contributed by atoms with E-state index in [4.69, 9.17) is 18.0 Å². The van der Waals surface area contributed by atoms with Crippen molar-refractivity contribution >= 4 is 23.1 Å². The van der Waals surface area contributed by atoms with E-state index in [9.17, 15) is 4.79 Å². The van der Waals surface area contributed by atoms with Crippen LogP contribution in [0.5, 0.6) is 0 Å². The number of nitrogens with one attached hydrogen (secondary N) is 1. The van der Waals surface area contributed by atoms with Crippen molar-refractivity contribution in [2.45, 2.75) is 64.3 Å². The first-order chi connectivity index (χ1) is 8.58. The molecule has 0 aromatic rings. The van der Waals surface area contributed by atoms with E-state index in [0.29, 0.717) is 11.0 Å². The molecule has 2 aliphatic carbocycles. The van der Waals surface area contributed by atoms with Crippen molar-refractivity contribution in [2.24, 2.45) is 17.1 Å². The fraction of sp³-hybridized carbons (Fsp3) is 0.857. The highest BCUT2D eigenvalue weighted by Gasteiger charge is 2.53. The first kappa shape index (κ1) is 13.8. The zero-order valence-electron chi connectivity index (χ0n) is 11.2. The van der Waals surface area contributed by atoms with E-state index in [1.807, 2.05) is 0 Å². The summed E-state index contributed by atoms with van der Waals surface area (Å²) in [6, 6.07) is 0.345. The van der Waals surface area contributed by atoms with E-state index >= 15 is 0 Å². The summed E-state index contributed by atoms with van der Waals surface area (Å²) in [6.07, 6.45) is 8.99. The lowest BCUT2D eigenvalue weighted by molar-refractivity contribution is -0.125. The Balaban J connectivity index is 1.78. The molecule has 1 amide bonds. The molecular formula is C14H24N2OS. The molecule has 0 radical (unpaired) electrons. The van der Waals surface area contributed by atoms with Crippen molar-refractivity contribution in [3.05, 3.63) is 0 Å². The molecule has 102 valence electrons. The van der Waals surface area contributed by atoms with Crippen LogP contribution in [-0.2, 0) is 4.79 Å². The minimum Gasteiger partial charge on any atom is -0.392 e. The molecule has 2 fully saturated rings. The van der Waals surface area contributed by atoms with Crippen LogP contribution in [0.1, 0.15) is 58.3 Å². The van der Waals surface area contributed by atoms with Crippen molar-refractivity contribution in [3.63, 3.8) is 0 Å². The number of hydrogen-bond donors (Lipinski definition) is 2. The molecule has 4 heteroatoms. The van der Waals surface area contributed by atoms with Crippen LogP contribution in [0.25, 0.3) is 0 Å². The Bertz CT molecular complexity index is 331. The van der Waals surface area contributed by atoms with Gasteiger partial charge in [0.15, 0.2) is 0 Å². The van der Waals surface area contributed by atoms with Crippen LogP contribution in [0.4, 0.5) is 0 Å². The summed E-state index contributed by atoms with van der Waals surface area (Å²) in [5, 5.41) is 3.16. The smallest absolute Gasteiger partial charge is 0.233 e. The van der Waals surface area contributed by atoms with Crippen LogP contribution in [0.15, 0.2) is 0 Å². The molecule has 0 aromatic heterocycles. The summed E-state index contributed by atoms with van der Waals surface area (Å²) in [5.41, 5.74) is 5.18. The minimum atomic E-state index is -0.490. The summed E-state index contributed by atoms with van der Waals surface area (Å²) in [7, 11) is 0. The SMILES string of the molecule is CCCC1CCC(NC(=O)C2(C(N)=S)CC2)CC1. The van der Waals surface area contributed by atoms with Gasteiger partial charge in [-0.3, -0.25) is 4.79 Å². The Labute approximate surface area is 115 Å². The van der Waals surface area contributed by atoms with Gasteiger partial charge < -0.3 is 11.1 Å². The summed E-state index contributed by atoms with van der Waals surface area (Å²) < 4.78 is 0. The quantitative estimate of drug-likeness (QED) is 0.753. The fourth-order valence-corrected chi connectivity index (χ4v) is 3.33. The topological polar surface area (TPSA) is 55.1 Å². The number of nitrogens with two attached hydrogens (primary N) is 1. The second-order valence-electron chi connectivity index (χ2n) is 5.93.